The summed E-state index contributed by atoms with van der Waals surface area (Å²) in [7, 11) is 1.78. The van der Waals surface area contributed by atoms with E-state index in [1.165, 1.54) is 13.0 Å². The highest BCUT2D eigenvalue weighted by atomic mass is 16.2. The second-order valence-corrected chi connectivity index (χ2v) is 5.16. The monoisotopic (exact) mass is 266 g/mol. The third-order valence-corrected chi connectivity index (χ3v) is 3.63. The highest BCUT2D eigenvalue weighted by molar-refractivity contribution is 5.76. The molecule has 0 aromatic heterocycles. The van der Waals surface area contributed by atoms with Crippen molar-refractivity contribution in [3.05, 3.63) is 0 Å². The number of nitrogens with zero attached hydrogens (tertiary/aromatic N) is 4. The van der Waals surface area contributed by atoms with Gasteiger partial charge in [0, 0.05) is 52.7 Å². The van der Waals surface area contributed by atoms with Crippen LogP contribution in [0.1, 0.15) is 26.2 Å². The van der Waals surface area contributed by atoms with Crippen molar-refractivity contribution in [3.63, 3.8) is 0 Å². The lowest BCUT2D eigenvalue weighted by molar-refractivity contribution is -0.130. The van der Waals surface area contributed by atoms with E-state index in [-0.39, 0.29) is 5.91 Å². The van der Waals surface area contributed by atoms with Crippen molar-refractivity contribution >= 4 is 5.91 Å². The quantitative estimate of drug-likeness (QED) is 0.683. The minimum absolute atomic E-state index is 0.145. The predicted molar refractivity (Wildman–Crippen MR) is 75.7 cm³/mol. The van der Waals surface area contributed by atoms with Gasteiger partial charge in [0.25, 0.3) is 0 Å². The van der Waals surface area contributed by atoms with E-state index in [0.717, 1.165) is 32.7 Å². The van der Waals surface area contributed by atoms with Gasteiger partial charge in [-0.1, -0.05) is 6.92 Å². The summed E-state index contributed by atoms with van der Waals surface area (Å²) in [6.45, 7) is 9.14. The number of nitriles is 1. The van der Waals surface area contributed by atoms with Crippen molar-refractivity contribution in [3.8, 4) is 6.07 Å². The van der Waals surface area contributed by atoms with E-state index in [1.54, 1.807) is 11.9 Å². The second-order valence-electron chi connectivity index (χ2n) is 5.16. The van der Waals surface area contributed by atoms with Crippen molar-refractivity contribution in [1.82, 2.24) is 14.7 Å². The fourth-order valence-electron chi connectivity index (χ4n) is 2.34. The van der Waals surface area contributed by atoms with E-state index in [9.17, 15) is 4.79 Å². The first-order valence-corrected chi connectivity index (χ1v) is 7.23. The van der Waals surface area contributed by atoms with E-state index in [0.29, 0.717) is 19.4 Å². The summed E-state index contributed by atoms with van der Waals surface area (Å²) in [5.41, 5.74) is 0. The molecule has 19 heavy (non-hydrogen) atoms. The van der Waals surface area contributed by atoms with Crippen LogP contribution in [-0.4, -0.2) is 73.5 Å². The summed E-state index contributed by atoms with van der Waals surface area (Å²) in [5.74, 6) is 0.145. The largest absolute Gasteiger partial charge is 0.345 e. The molecule has 0 radical (unpaired) electrons. The van der Waals surface area contributed by atoms with Crippen LogP contribution in [0.3, 0.4) is 0 Å². The molecule has 0 saturated carbocycles. The molecular formula is C14H26N4O. The molecule has 1 aliphatic heterocycles. The van der Waals surface area contributed by atoms with Crippen LogP contribution in [0.4, 0.5) is 0 Å². The van der Waals surface area contributed by atoms with Crippen LogP contribution in [0.5, 0.6) is 0 Å². The number of amides is 1. The van der Waals surface area contributed by atoms with Crippen LogP contribution < -0.4 is 0 Å². The Morgan fingerprint density at radius 2 is 1.79 bits per heavy atom. The van der Waals surface area contributed by atoms with Crippen molar-refractivity contribution in [2.75, 3.05) is 52.9 Å². The Bertz CT molecular complexity index is 305. The molecule has 108 valence electrons. The molecule has 0 aliphatic carbocycles. The minimum Gasteiger partial charge on any atom is -0.345 e. The molecule has 1 fully saturated rings. The van der Waals surface area contributed by atoms with Crippen LogP contribution in [-0.2, 0) is 4.79 Å². The zero-order valence-electron chi connectivity index (χ0n) is 12.3. The lowest BCUT2D eigenvalue weighted by Crippen LogP contribution is -2.47. The lowest BCUT2D eigenvalue weighted by Gasteiger charge is -2.34. The van der Waals surface area contributed by atoms with Crippen molar-refractivity contribution in [1.29, 1.82) is 5.26 Å². The SMILES string of the molecule is CCCN1CCN(CCC(=O)N(C)CCC#N)CC1. The fourth-order valence-corrected chi connectivity index (χ4v) is 2.34. The molecule has 0 spiro atoms. The standard InChI is InChI=1S/C14H26N4O/c1-3-7-17-10-12-18(13-11-17)9-5-14(19)16(2)8-4-6-15/h3-5,7-13H2,1-2H3. The second kappa shape index (κ2) is 8.89. The van der Waals surface area contributed by atoms with Gasteiger partial charge in [-0.3, -0.25) is 4.79 Å². The van der Waals surface area contributed by atoms with E-state index >= 15 is 0 Å². The molecule has 5 nitrogen and oxygen atoms in total. The Kier molecular flexibility index (Phi) is 7.46. The topological polar surface area (TPSA) is 50.6 Å². The maximum absolute atomic E-state index is 11.8. The predicted octanol–water partition coefficient (Wildman–Crippen LogP) is 0.776. The van der Waals surface area contributed by atoms with Crippen molar-refractivity contribution in [2.24, 2.45) is 0 Å². The molecule has 0 unspecified atom stereocenters. The van der Waals surface area contributed by atoms with Crippen LogP contribution in [0, 0.1) is 11.3 Å². The molecule has 0 bridgehead atoms. The van der Waals surface area contributed by atoms with Gasteiger partial charge in [0.15, 0.2) is 0 Å². The Balaban J connectivity index is 2.16. The van der Waals surface area contributed by atoms with E-state index in [4.69, 9.17) is 5.26 Å². The van der Waals surface area contributed by atoms with Gasteiger partial charge in [0.05, 0.1) is 12.5 Å². The molecular weight excluding hydrogens is 240 g/mol. The first-order chi connectivity index (χ1) is 9.17. The summed E-state index contributed by atoms with van der Waals surface area (Å²) >= 11 is 0. The van der Waals surface area contributed by atoms with Gasteiger partial charge in [-0.05, 0) is 13.0 Å². The average Bonchev–Trinajstić information content (AvgIpc) is 2.44. The maximum atomic E-state index is 11.8. The molecule has 0 N–H and O–H groups in total. The van der Waals surface area contributed by atoms with E-state index in [2.05, 4.69) is 22.8 Å². The Labute approximate surface area is 116 Å². The van der Waals surface area contributed by atoms with E-state index in [1.807, 2.05) is 0 Å². The molecule has 0 aromatic carbocycles. The van der Waals surface area contributed by atoms with Gasteiger partial charge in [-0.2, -0.15) is 5.26 Å². The average molecular weight is 266 g/mol. The summed E-state index contributed by atoms with van der Waals surface area (Å²) in [6, 6.07) is 2.07. The number of rotatable bonds is 7. The fraction of sp³-hybridized carbons (Fsp3) is 0.857. The normalized spacial score (nSPS) is 17.1. The molecule has 1 rings (SSSR count). The third kappa shape index (κ3) is 6.04. The smallest absolute Gasteiger partial charge is 0.223 e. The summed E-state index contributed by atoms with van der Waals surface area (Å²) in [5, 5.41) is 8.50. The number of hydrogen-bond donors (Lipinski definition) is 0. The zero-order chi connectivity index (χ0) is 14.1. The first-order valence-electron chi connectivity index (χ1n) is 7.23. The summed E-state index contributed by atoms with van der Waals surface area (Å²) < 4.78 is 0. The van der Waals surface area contributed by atoms with Crippen LogP contribution >= 0.6 is 0 Å². The number of carbonyl (C=O) groups is 1. The molecule has 0 aromatic rings. The Morgan fingerprint density at radius 3 is 2.32 bits per heavy atom. The van der Waals surface area contributed by atoms with Crippen molar-refractivity contribution < 1.29 is 4.79 Å². The van der Waals surface area contributed by atoms with Crippen LogP contribution in [0.25, 0.3) is 0 Å². The molecule has 1 aliphatic rings. The summed E-state index contributed by atoms with van der Waals surface area (Å²) in [6.07, 6.45) is 2.19. The van der Waals surface area contributed by atoms with Gasteiger partial charge < -0.3 is 14.7 Å². The van der Waals surface area contributed by atoms with Gasteiger partial charge in [-0.15, -0.1) is 0 Å². The third-order valence-electron chi connectivity index (χ3n) is 3.63. The number of carbonyl (C=O) groups excluding carboxylic acids is 1. The van der Waals surface area contributed by atoms with Crippen molar-refractivity contribution in [2.45, 2.75) is 26.2 Å². The number of piperazine rings is 1. The van der Waals surface area contributed by atoms with E-state index < -0.39 is 0 Å². The first kappa shape index (κ1) is 15.9. The highest BCUT2D eigenvalue weighted by Gasteiger charge is 2.17. The van der Waals surface area contributed by atoms with Gasteiger partial charge in [0.1, 0.15) is 0 Å². The molecule has 5 heteroatoms. The molecule has 1 heterocycles. The van der Waals surface area contributed by atoms with Gasteiger partial charge in [0.2, 0.25) is 5.91 Å². The summed E-state index contributed by atoms with van der Waals surface area (Å²) in [4.78, 5) is 18.3. The maximum Gasteiger partial charge on any atom is 0.223 e. The molecule has 0 atom stereocenters. The van der Waals surface area contributed by atoms with Gasteiger partial charge >= 0.3 is 0 Å². The zero-order valence-corrected chi connectivity index (χ0v) is 12.3. The lowest BCUT2D eigenvalue weighted by atomic mass is 10.2. The van der Waals surface area contributed by atoms with Gasteiger partial charge in [-0.25, -0.2) is 0 Å². The Morgan fingerprint density at radius 1 is 1.21 bits per heavy atom. The molecule has 1 amide bonds. The van der Waals surface area contributed by atoms with Crippen LogP contribution in [0.15, 0.2) is 0 Å². The van der Waals surface area contributed by atoms with Crippen LogP contribution in [0.2, 0.25) is 0 Å². The number of hydrogen-bond acceptors (Lipinski definition) is 4. The highest BCUT2D eigenvalue weighted by Crippen LogP contribution is 2.04. The minimum atomic E-state index is 0.145. The molecule has 1 saturated heterocycles. The Hall–Kier alpha value is -1.12.